The molecule has 0 aromatic heterocycles. The lowest BCUT2D eigenvalue weighted by atomic mass is 10.0. The maximum atomic E-state index is 11.0. The predicted octanol–water partition coefficient (Wildman–Crippen LogP) is 2.85. The normalized spacial score (nSPS) is 14.4. The molecule has 2 aromatic rings. The highest BCUT2D eigenvalue weighted by molar-refractivity contribution is 6.04. The van der Waals surface area contributed by atoms with Gasteiger partial charge in [0, 0.05) is 4.11 Å². The number of hydrogen-bond acceptors (Lipinski definition) is 1. The summed E-state index contributed by atoms with van der Waals surface area (Å²) in [5.41, 5.74) is 0.298. The summed E-state index contributed by atoms with van der Waals surface area (Å²) in [7, 11) is 0. The Kier molecular flexibility index (Phi) is 1.30. The van der Waals surface area contributed by atoms with E-state index in [9.17, 15) is 4.79 Å². The molecule has 0 spiro atoms. The van der Waals surface area contributed by atoms with Crippen LogP contribution in [0.3, 0.4) is 0 Å². The van der Waals surface area contributed by atoms with Crippen molar-refractivity contribution in [1.29, 1.82) is 0 Å². The third kappa shape index (κ3) is 1.25. The van der Waals surface area contributed by atoms with Gasteiger partial charge in [0.15, 0.2) is 0 Å². The van der Waals surface area contributed by atoms with E-state index < -0.39 is 12.8 Å². The van der Waals surface area contributed by atoms with Gasteiger partial charge in [0.05, 0.1) is 5.56 Å². The van der Waals surface area contributed by atoms with Gasteiger partial charge >= 0.3 is 5.97 Å². The van der Waals surface area contributed by atoms with Crippen LogP contribution in [-0.4, -0.2) is 11.1 Å². The highest BCUT2D eigenvalue weighted by atomic mass is 16.4. The molecule has 2 aromatic carbocycles. The number of fused-ring (bicyclic) bond motifs is 1. The summed E-state index contributed by atoms with van der Waals surface area (Å²) in [4.78, 5) is 11.0. The zero-order valence-electron chi connectivity index (χ0n) is 10.3. The summed E-state index contributed by atoms with van der Waals surface area (Å²) in [6, 6.07) is 9.34. The highest BCUT2D eigenvalue weighted by Crippen LogP contribution is 2.21. The van der Waals surface area contributed by atoms with Crippen LogP contribution in [0.1, 0.15) is 20.0 Å². The molecule has 2 rings (SSSR count). The molecule has 0 heterocycles. The van der Waals surface area contributed by atoms with E-state index in [4.69, 9.17) is 9.22 Å². The van der Waals surface area contributed by atoms with Crippen LogP contribution in [0.5, 0.6) is 0 Å². The molecular weight excluding hydrogens is 176 g/mol. The molecule has 0 aliphatic carbocycles. The fraction of sp³-hybridized carbons (Fsp3) is 0.0833. The zero-order chi connectivity index (χ0) is 12.6. The standard InChI is InChI=1S/C12H10O2/c1-8-4-2-6-10-9(8)5-3-7-11(10)12(13)14/h2-7H,1H3,(H,13,14)/i1D3. The van der Waals surface area contributed by atoms with E-state index in [2.05, 4.69) is 0 Å². The van der Waals surface area contributed by atoms with E-state index in [-0.39, 0.29) is 11.1 Å². The van der Waals surface area contributed by atoms with Crippen LogP contribution in [0.25, 0.3) is 10.8 Å². The first-order valence-corrected chi connectivity index (χ1v) is 4.17. The molecule has 0 saturated carbocycles. The Bertz CT molecular complexity index is 588. The Hall–Kier alpha value is -1.83. The zero-order valence-corrected chi connectivity index (χ0v) is 7.32. The van der Waals surface area contributed by atoms with Gasteiger partial charge in [-0.05, 0) is 29.3 Å². The Morgan fingerprint density at radius 2 is 1.93 bits per heavy atom. The van der Waals surface area contributed by atoms with Crippen LogP contribution in [0.4, 0.5) is 0 Å². The van der Waals surface area contributed by atoms with E-state index >= 15 is 0 Å². The predicted molar refractivity (Wildman–Crippen MR) is 55.6 cm³/mol. The van der Waals surface area contributed by atoms with Crippen molar-refractivity contribution in [3.63, 3.8) is 0 Å². The number of aromatic carboxylic acids is 1. The van der Waals surface area contributed by atoms with Crippen molar-refractivity contribution in [2.75, 3.05) is 0 Å². The lowest BCUT2D eigenvalue weighted by Crippen LogP contribution is -1.97. The monoisotopic (exact) mass is 189 g/mol. The second-order valence-corrected chi connectivity index (χ2v) is 3.01. The summed E-state index contributed by atoms with van der Waals surface area (Å²) in [6.45, 7) is -2.24. The van der Waals surface area contributed by atoms with Crippen molar-refractivity contribution < 1.29 is 14.0 Å². The van der Waals surface area contributed by atoms with Crippen LogP contribution in [0.2, 0.25) is 0 Å². The van der Waals surface area contributed by atoms with Crippen LogP contribution < -0.4 is 0 Å². The molecule has 70 valence electrons. The second-order valence-electron chi connectivity index (χ2n) is 3.01. The first-order chi connectivity index (χ1) is 7.91. The van der Waals surface area contributed by atoms with E-state index in [1.165, 1.54) is 12.1 Å². The average molecular weight is 189 g/mol. The largest absolute Gasteiger partial charge is 0.478 e. The van der Waals surface area contributed by atoms with Crippen molar-refractivity contribution in [1.82, 2.24) is 0 Å². The third-order valence-electron chi connectivity index (χ3n) is 2.15. The molecule has 0 radical (unpaired) electrons. The van der Waals surface area contributed by atoms with Gasteiger partial charge < -0.3 is 5.11 Å². The second kappa shape index (κ2) is 3.14. The van der Waals surface area contributed by atoms with E-state index in [1.807, 2.05) is 0 Å². The Labute approximate surface area is 86.0 Å². The fourth-order valence-electron chi connectivity index (χ4n) is 1.50. The summed E-state index contributed by atoms with van der Waals surface area (Å²) in [5, 5.41) is 9.95. The van der Waals surface area contributed by atoms with Crippen molar-refractivity contribution in [3.8, 4) is 0 Å². The Morgan fingerprint density at radius 1 is 1.21 bits per heavy atom. The third-order valence-corrected chi connectivity index (χ3v) is 2.15. The number of aryl methyl sites for hydroxylation is 1. The van der Waals surface area contributed by atoms with Crippen LogP contribution >= 0.6 is 0 Å². The summed E-state index contributed by atoms with van der Waals surface area (Å²) >= 11 is 0. The summed E-state index contributed by atoms with van der Waals surface area (Å²) in [5.74, 6) is -1.06. The smallest absolute Gasteiger partial charge is 0.336 e. The minimum atomic E-state index is -2.24. The number of carboxylic acid groups (broad SMARTS) is 1. The highest BCUT2D eigenvalue weighted by Gasteiger charge is 2.07. The van der Waals surface area contributed by atoms with Crippen LogP contribution in [-0.2, 0) is 0 Å². The van der Waals surface area contributed by atoms with Crippen LogP contribution in [0.15, 0.2) is 36.4 Å². The van der Waals surface area contributed by atoms with E-state index in [0.29, 0.717) is 10.8 Å². The first-order valence-electron chi connectivity index (χ1n) is 5.67. The van der Waals surface area contributed by atoms with Gasteiger partial charge in [-0.15, -0.1) is 0 Å². The number of benzene rings is 2. The number of carboxylic acids is 1. The molecule has 1 N–H and O–H groups in total. The van der Waals surface area contributed by atoms with Gasteiger partial charge in [0.2, 0.25) is 0 Å². The number of hydrogen-bond donors (Lipinski definition) is 1. The molecule has 14 heavy (non-hydrogen) atoms. The van der Waals surface area contributed by atoms with Crippen LogP contribution in [0, 0.1) is 6.85 Å². The summed E-state index contributed by atoms with van der Waals surface area (Å²) < 4.78 is 22.3. The fourth-order valence-corrected chi connectivity index (χ4v) is 1.50. The molecule has 0 bridgehead atoms. The van der Waals surface area contributed by atoms with Gasteiger partial charge in [0.1, 0.15) is 0 Å². The SMILES string of the molecule is [2H]C([2H])([2H])c1cccc2c(C(=O)O)cccc12. The van der Waals surface area contributed by atoms with Crippen molar-refractivity contribution in [2.24, 2.45) is 0 Å². The topological polar surface area (TPSA) is 37.3 Å². The molecule has 2 nitrogen and oxygen atoms in total. The van der Waals surface area contributed by atoms with Gasteiger partial charge in [-0.2, -0.15) is 0 Å². The minimum absolute atomic E-state index is 0.119. The van der Waals surface area contributed by atoms with Crippen molar-refractivity contribution in [2.45, 2.75) is 6.85 Å². The quantitative estimate of drug-likeness (QED) is 0.749. The Balaban J connectivity index is 2.84. The first kappa shape index (κ1) is 5.81. The maximum Gasteiger partial charge on any atom is 0.336 e. The van der Waals surface area contributed by atoms with Gasteiger partial charge in [-0.25, -0.2) is 4.79 Å². The van der Waals surface area contributed by atoms with Crippen molar-refractivity contribution >= 4 is 16.7 Å². The van der Waals surface area contributed by atoms with Gasteiger partial charge in [-0.1, -0.05) is 30.3 Å². The number of carbonyl (C=O) groups is 1. The van der Waals surface area contributed by atoms with Gasteiger partial charge in [-0.3, -0.25) is 0 Å². The lowest BCUT2D eigenvalue weighted by molar-refractivity contribution is 0.0699. The minimum Gasteiger partial charge on any atom is -0.478 e. The van der Waals surface area contributed by atoms with E-state index in [1.54, 1.807) is 24.3 Å². The summed E-state index contributed by atoms with van der Waals surface area (Å²) in [6.07, 6.45) is 0. The van der Waals surface area contributed by atoms with Crippen molar-refractivity contribution in [3.05, 3.63) is 47.5 Å². The molecule has 0 amide bonds. The van der Waals surface area contributed by atoms with Gasteiger partial charge in [0.25, 0.3) is 0 Å². The molecule has 0 aliphatic rings. The molecule has 0 aliphatic heterocycles. The molecule has 0 unspecified atom stereocenters. The lowest BCUT2D eigenvalue weighted by Gasteiger charge is -2.04. The maximum absolute atomic E-state index is 11.0. The molecule has 2 heteroatoms. The molecule has 0 fully saturated rings. The molecule has 0 saturated heterocycles. The number of rotatable bonds is 1. The Morgan fingerprint density at radius 3 is 2.64 bits per heavy atom. The molecular formula is C12H10O2. The average Bonchev–Trinajstić information content (AvgIpc) is 2.26. The molecule has 0 atom stereocenters. The van der Waals surface area contributed by atoms with E-state index in [0.717, 1.165) is 0 Å².